The Balaban J connectivity index is 1.45. The molecule has 1 aliphatic rings. The van der Waals surface area contributed by atoms with E-state index in [1.807, 2.05) is 31.2 Å². The fraction of sp³-hybridized carbons (Fsp3) is 0.421. The van der Waals surface area contributed by atoms with Crippen LogP contribution in [0.3, 0.4) is 0 Å². The molecular weight excluding hydrogens is 332 g/mol. The van der Waals surface area contributed by atoms with Crippen molar-refractivity contribution < 1.29 is 14.3 Å². The van der Waals surface area contributed by atoms with Gasteiger partial charge in [-0.1, -0.05) is 12.1 Å². The summed E-state index contributed by atoms with van der Waals surface area (Å²) in [6.07, 6.45) is 8.45. The Hall–Kier alpha value is -2.83. The van der Waals surface area contributed by atoms with E-state index >= 15 is 0 Å². The van der Waals surface area contributed by atoms with Crippen molar-refractivity contribution in [1.82, 2.24) is 15.3 Å². The maximum absolute atomic E-state index is 12.3. The first kappa shape index (κ1) is 18.0. The van der Waals surface area contributed by atoms with E-state index in [2.05, 4.69) is 20.6 Å². The van der Waals surface area contributed by atoms with Crippen molar-refractivity contribution in [3.8, 4) is 11.6 Å². The maximum Gasteiger partial charge on any atom is 0.319 e. The molecule has 0 radical (unpaired) electrons. The van der Waals surface area contributed by atoms with Crippen molar-refractivity contribution in [2.75, 3.05) is 11.9 Å². The van der Waals surface area contributed by atoms with E-state index in [0.717, 1.165) is 25.7 Å². The highest BCUT2D eigenvalue weighted by atomic mass is 16.5. The van der Waals surface area contributed by atoms with Gasteiger partial charge in [-0.2, -0.15) is 0 Å². The average molecular weight is 356 g/mol. The molecule has 26 heavy (non-hydrogen) atoms. The summed E-state index contributed by atoms with van der Waals surface area (Å²) in [5.41, 5.74) is 0.673. The van der Waals surface area contributed by atoms with Crippen LogP contribution in [0.1, 0.15) is 32.6 Å². The Bertz CT molecular complexity index is 703. The van der Waals surface area contributed by atoms with E-state index in [1.54, 1.807) is 18.6 Å². The quantitative estimate of drug-likeness (QED) is 0.829. The highest BCUT2D eigenvalue weighted by molar-refractivity contribution is 5.91. The standard InChI is InChI=1S/C19H24N4O3/c1-2-25-17-6-4-3-5-16(17)23-19(24)22-14-7-9-15(10-8-14)26-18-13-20-11-12-21-18/h3-6,11-15H,2,7-10H2,1H3,(H2,22,23,24). The fourth-order valence-electron chi connectivity index (χ4n) is 3.04. The van der Waals surface area contributed by atoms with Gasteiger partial charge in [0, 0.05) is 18.4 Å². The van der Waals surface area contributed by atoms with Crippen LogP contribution in [0.2, 0.25) is 0 Å². The molecule has 0 unspecified atom stereocenters. The summed E-state index contributed by atoms with van der Waals surface area (Å²) in [6, 6.07) is 7.34. The van der Waals surface area contributed by atoms with Crippen LogP contribution in [-0.2, 0) is 0 Å². The van der Waals surface area contributed by atoms with Gasteiger partial charge in [-0.25, -0.2) is 9.78 Å². The zero-order valence-electron chi connectivity index (χ0n) is 14.9. The van der Waals surface area contributed by atoms with Crippen molar-refractivity contribution in [2.24, 2.45) is 0 Å². The summed E-state index contributed by atoms with van der Waals surface area (Å²) in [5, 5.41) is 5.90. The molecule has 0 aliphatic heterocycles. The minimum absolute atomic E-state index is 0.117. The summed E-state index contributed by atoms with van der Waals surface area (Å²) >= 11 is 0. The number of aromatic nitrogens is 2. The number of amides is 2. The molecule has 2 N–H and O–H groups in total. The van der Waals surface area contributed by atoms with E-state index in [9.17, 15) is 4.79 Å². The first-order valence-corrected chi connectivity index (χ1v) is 8.96. The lowest BCUT2D eigenvalue weighted by molar-refractivity contribution is 0.135. The topological polar surface area (TPSA) is 85.4 Å². The summed E-state index contributed by atoms with van der Waals surface area (Å²) in [4.78, 5) is 20.4. The normalized spacial score (nSPS) is 19.4. The SMILES string of the molecule is CCOc1ccccc1NC(=O)NC1CCC(Oc2cnccn2)CC1. The number of ether oxygens (including phenoxy) is 2. The van der Waals surface area contributed by atoms with Crippen LogP contribution in [0.4, 0.5) is 10.5 Å². The van der Waals surface area contributed by atoms with Crippen LogP contribution in [0.5, 0.6) is 11.6 Å². The number of urea groups is 1. The Morgan fingerprint density at radius 1 is 1.19 bits per heavy atom. The predicted octanol–water partition coefficient (Wildman–Crippen LogP) is 3.39. The van der Waals surface area contributed by atoms with Crippen LogP contribution in [0, 0.1) is 0 Å². The van der Waals surface area contributed by atoms with E-state index < -0.39 is 0 Å². The number of nitrogens with one attached hydrogen (secondary N) is 2. The Kier molecular flexibility index (Phi) is 6.24. The highest BCUT2D eigenvalue weighted by Crippen LogP contribution is 2.25. The largest absolute Gasteiger partial charge is 0.492 e. The molecule has 1 aliphatic carbocycles. The molecule has 7 nitrogen and oxygen atoms in total. The lowest BCUT2D eigenvalue weighted by Crippen LogP contribution is -2.41. The minimum atomic E-state index is -0.213. The molecule has 2 amide bonds. The van der Waals surface area contributed by atoms with Crippen LogP contribution < -0.4 is 20.1 Å². The number of carbonyl (C=O) groups is 1. The van der Waals surface area contributed by atoms with Gasteiger partial charge in [0.2, 0.25) is 5.88 Å². The molecule has 0 spiro atoms. The Morgan fingerprint density at radius 3 is 2.73 bits per heavy atom. The zero-order chi connectivity index (χ0) is 18.2. The molecule has 1 aromatic heterocycles. The molecule has 1 aromatic carbocycles. The van der Waals surface area contributed by atoms with E-state index in [0.29, 0.717) is 23.9 Å². The first-order chi connectivity index (χ1) is 12.7. The predicted molar refractivity (Wildman–Crippen MR) is 98.5 cm³/mol. The maximum atomic E-state index is 12.3. The van der Waals surface area contributed by atoms with Gasteiger partial charge >= 0.3 is 6.03 Å². The van der Waals surface area contributed by atoms with Crippen LogP contribution in [-0.4, -0.2) is 34.8 Å². The number of rotatable bonds is 6. The molecule has 0 saturated heterocycles. The molecule has 2 aromatic rings. The summed E-state index contributed by atoms with van der Waals surface area (Å²) in [5.74, 6) is 1.22. The van der Waals surface area contributed by atoms with Crippen molar-refractivity contribution >= 4 is 11.7 Å². The van der Waals surface area contributed by atoms with Crippen LogP contribution in [0.15, 0.2) is 42.9 Å². The molecule has 0 atom stereocenters. The molecule has 138 valence electrons. The number of hydrogen-bond donors (Lipinski definition) is 2. The second-order valence-corrected chi connectivity index (χ2v) is 6.16. The molecule has 7 heteroatoms. The molecule has 1 heterocycles. The Morgan fingerprint density at radius 2 is 2.00 bits per heavy atom. The lowest BCUT2D eigenvalue weighted by atomic mass is 9.93. The van der Waals surface area contributed by atoms with Gasteiger partial charge in [0.1, 0.15) is 11.9 Å². The number of nitrogens with zero attached hydrogens (tertiary/aromatic N) is 2. The first-order valence-electron chi connectivity index (χ1n) is 8.96. The number of hydrogen-bond acceptors (Lipinski definition) is 5. The summed E-state index contributed by atoms with van der Waals surface area (Å²) in [6.45, 7) is 2.47. The van der Waals surface area contributed by atoms with E-state index in [1.165, 1.54) is 0 Å². The summed E-state index contributed by atoms with van der Waals surface area (Å²) < 4.78 is 11.4. The van der Waals surface area contributed by atoms with Gasteiger partial charge < -0.3 is 20.1 Å². The fourth-order valence-corrected chi connectivity index (χ4v) is 3.04. The van der Waals surface area contributed by atoms with Gasteiger partial charge in [0.25, 0.3) is 0 Å². The van der Waals surface area contributed by atoms with Crippen molar-refractivity contribution in [1.29, 1.82) is 0 Å². The van der Waals surface area contributed by atoms with Crippen molar-refractivity contribution in [3.63, 3.8) is 0 Å². The van der Waals surface area contributed by atoms with E-state index in [-0.39, 0.29) is 18.2 Å². The van der Waals surface area contributed by atoms with Gasteiger partial charge in [0.15, 0.2) is 0 Å². The third-order valence-electron chi connectivity index (χ3n) is 4.27. The second-order valence-electron chi connectivity index (χ2n) is 6.16. The van der Waals surface area contributed by atoms with Crippen molar-refractivity contribution in [2.45, 2.75) is 44.8 Å². The Labute approximate surface area is 153 Å². The lowest BCUT2D eigenvalue weighted by Gasteiger charge is -2.29. The van der Waals surface area contributed by atoms with E-state index in [4.69, 9.17) is 9.47 Å². The van der Waals surface area contributed by atoms with Crippen LogP contribution >= 0.6 is 0 Å². The second kappa shape index (κ2) is 9.03. The monoisotopic (exact) mass is 356 g/mol. The molecule has 0 bridgehead atoms. The van der Waals surface area contributed by atoms with Gasteiger partial charge in [-0.3, -0.25) is 4.98 Å². The highest BCUT2D eigenvalue weighted by Gasteiger charge is 2.24. The average Bonchev–Trinajstić information content (AvgIpc) is 2.66. The third-order valence-corrected chi connectivity index (χ3v) is 4.27. The molecule has 1 saturated carbocycles. The van der Waals surface area contributed by atoms with Crippen LogP contribution in [0.25, 0.3) is 0 Å². The molecule has 1 fully saturated rings. The van der Waals surface area contributed by atoms with Crippen molar-refractivity contribution in [3.05, 3.63) is 42.9 Å². The van der Waals surface area contributed by atoms with Gasteiger partial charge in [-0.15, -0.1) is 0 Å². The van der Waals surface area contributed by atoms with Gasteiger partial charge in [0.05, 0.1) is 18.5 Å². The number of benzene rings is 1. The molecular formula is C19H24N4O3. The molecule has 3 rings (SSSR count). The zero-order valence-corrected chi connectivity index (χ0v) is 14.9. The van der Waals surface area contributed by atoms with Gasteiger partial charge in [-0.05, 0) is 44.7 Å². The number of carbonyl (C=O) groups excluding carboxylic acids is 1. The summed E-state index contributed by atoms with van der Waals surface area (Å²) in [7, 11) is 0. The third kappa shape index (κ3) is 5.08. The minimum Gasteiger partial charge on any atom is -0.492 e. The number of para-hydroxylation sites is 2. The number of anilines is 1. The smallest absolute Gasteiger partial charge is 0.319 e.